The molecule has 0 aromatic heterocycles. The first-order valence-corrected chi connectivity index (χ1v) is 8.77. The van der Waals surface area contributed by atoms with E-state index in [0.29, 0.717) is 26.2 Å². The van der Waals surface area contributed by atoms with Gasteiger partial charge < -0.3 is 10.1 Å². The Morgan fingerprint density at radius 1 is 1.55 bits per heavy atom. The molecule has 1 saturated heterocycles. The number of halogens is 2. The van der Waals surface area contributed by atoms with Gasteiger partial charge in [-0.2, -0.15) is 4.31 Å². The molecule has 1 unspecified atom stereocenters. The molecular weight excluding hydrogens is 368 g/mol. The third kappa shape index (κ3) is 3.52. The van der Waals surface area contributed by atoms with Crippen LogP contribution in [0.3, 0.4) is 0 Å². The van der Waals surface area contributed by atoms with E-state index in [0.717, 1.165) is 4.47 Å². The summed E-state index contributed by atoms with van der Waals surface area (Å²) in [5.74, 6) is 0. The van der Waals surface area contributed by atoms with Crippen molar-refractivity contribution in [3.8, 4) is 0 Å². The van der Waals surface area contributed by atoms with E-state index in [2.05, 4.69) is 21.2 Å². The standard InChI is InChI=1S/C12H16BrClN2O3S/c1-15-7-10-8-16(4-5-19-10)20(17,18)12-3-2-9(13)6-11(12)14/h2-3,6,10,15H,4-5,7-8H2,1H3. The average molecular weight is 384 g/mol. The molecule has 20 heavy (non-hydrogen) atoms. The summed E-state index contributed by atoms with van der Waals surface area (Å²) >= 11 is 9.32. The minimum absolute atomic E-state index is 0.132. The van der Waals surface area contributed by atoms with Crippen LogP contribution in [0.1, 0.15) is 0 Å². The van der Waals surface area contributed by atoms with Gasteiger partial charge >= 0.3 is 0 Å². The molecule has 1 aliphatic rings. The van der Waals surface area contributed by atoms with Gasteiger partial charge in [0, 0.05) is 24.1 Å². The first kappa shape index (κ1) is 16.2. The first-order chi connectivity index (χ1) is 9.45. The van der Waals surface area contributed by atoms with Crippen LogP contribution < -0.4 is 5.32 Å². The molecule has 0 amide bonds. The van der Waals surface area contributed by atoms with Crippen molar-refractivity contribution < 1.29 is 13.2 Å². The Balaban J connectivity index is 2.25. The molecule has 1 aromatic rings. The zero-order valence-corrected chi connectivity index (χ0v) is 14.1. The fourth-order valence-corrected chi connectivity index (χ4v) is 4.55. The summed E-state index contributed by atoms with van der Waals surface area (Å²) in [6.45, 7) is 1.67. The summed E-state index contributed by atoms with van der Waals surface area (Å²) in [5.41, 5.74) is 0. The van der Waals surface area contributed by atoms with Gasteiger partial charge in [-0.1, -0.05) is 27.5 Å². The third-order valence-corrected chi connectivity index (χ3v) is 5.89. The fourth-order valence-electron chi connectivity index (χ4n) is 2.09. The van der Waals surface area contributed by atoms with E-state index in [1.807, 2.05) is 7.05 Å². The first-order valence-electron chi connectivity index (χ1n) is 6.16. The minimum atomic E-state index is -3.59. The van der Waals surface area contributed by atoms with Crippen LogP contribution in [0, 0.1) is 0 Å². The highest BCUT2D eigenvalue weighted by atomic mass is 79.9. The number of rotatable bonds is 4. The molecule has 1 atom stereocenters. The lowest BCUT2D eigenvalue weighted by molar-refractivity contribution is 0.000825. The topological polar surface area (TPSA) is 58.6 Å². The van der Waals surface area contributed by atoms with Crippen LogP contribution in [0.25, 0.3) is 0 Å². The Kier molecular flexibility index (Phi) is 5.44. The van der Waals surface area contributed by atoms with Crippen LogP contribution in [0.2, 0.25) is 5.02 Å². The predicted molar refractivity (Wildman–Crippen MR) is 81.6 cm³/mol. The molecule has 0 bridgehead atoms. The number of sulfonamides is 1. The minimum Gasteiger partial charge on any atom is -0.374 e. The summed E-state index contributed by atoms with van der Waals surface area (Å²) in [6.07, 6.45) is -0.141. The van der Waals surface area contributed by atoms with Gasteiger partial charge in [-0.25, -0.2) is 8.42 Å². The van der Waals surface area contributed by atoms with Crippen LogP contribution in [0.4, 0.5) is 0 Å². The van der Waals surface area contributed by atoms with Crippen LogP contribution >= 0.6 is 27.5 Å². The number of likely N-dealkylation sites (N-methyl/N-ethyl adjacent to an activating group) is 1. The van der Waals surface area contributed by atoms with E-state index >= 15 is 0 Å². The molecule has 1 aromatic carbocycles. The maximum absolute atomic E-state index is 12.6. The Morgan fingerprint density at radius 3 is 2.95 bits per heavy atom. The lowest BCUT2D eigenvalue weighted by Gasteiger charge is -2.32. The van der Waals surface area contributed by atoms with Crippen LogP contribution in [0.15, 0.2) is 27.6 Å². The van der Waals surface area contributed by atoms with Gasteiger partial charge in [0.15, 0.2) is 0 Å². The van der Waals surface area contributed by atoms with Gasteiger partial charge in [0.25, 0.3) is 0 Å². The van der Waals surface area contributed by atoms with Gasteiger partial charge in [-0.15, -0.1) is 0 Å². The lowest BCUT2D eigenvalue weighted by atomic mass is 10.3. The maximum Gasteiger partial charge on any atom is 0.244 e. The van der Waals surface area contributed by atoms with Gasteiger partial charge in [-0.05, 0) is 25.2 Å². The van der Waals surface area contributed by atoms with Gasteiger partial charge in [0.2, 0.25) is 10.0 Å². The van der Waals surface area contributed by atoms with E-state index in [4.69, 9.17) is 16.3 Å². The predicted octanol–water partition coefficient (Wildman–Crippen LogP) is 1.71. The van der Waals surface area contributed by atoms with Crippen LogP contribution in [0.5, 0.6) is 0 Å². The van der Waals surface area contributed by atoms with Crippen LogP contribution in [-0.2, 0) is 14.8 Å². The fraction of sp³-hybridized carbons (Fsp3) is 0.500. The molecule has 0 aliphatic carbocycles. The summed E-state index contributed by atoms with van der Waals surface area (Å²) in [5, 5.41) is 3.21. The molecule has 5 nitrogen and oxygen atoms in total. The Hall–Kier alpha value is -0.180. The molecular formula is C12H16BrClN2O3S. The number of hydrogen-bond donors (Lipinski definition) is 1. The summed E-state index contributed by atoms with van der Waals surface area (Å²) in [4.78, 5) is 0.132. The number of ether oxygens (including phenoxy) is 1. The van der Waals surface area contributed by atoms with E-state index in [1.165, 1.54) is 10.4 Å². The molecule has 1 aliphatic heterocycles. The highest BCUT2D eigenvalue weighted by molar-refractivity contribution is 9.10. The zero-order valence-electron chi connectivity index (χ0n) is 11.0. The smallest absolute Gasteiger partial charge is 0.244 e. The van der Waals surface area contributed by atoms with Crippen molar-refractivity contribution in [1.29, 1.82) is 0 Å². The number of benzene rings is 1. The average Bonchev–Trinajstić information content (AvgIpc) is 2.39. The highest BCUT2D eigenvalue weighted by Crippen LogP contribution is 2.28. The van der Waals surface area contributed by atoms with E-state index in [-0.39, 0.29) is 16.0 Å². The molecule has 1 N–H and O–H groups in total. The maximum atomic E-state index is 12.6. The van der Waals surface area contributed by atoms with Gasteiger partial charge in [-0.3, -0.25) is 0 Å². The molecule has 0 radical (unpaired) electrons. The molecule has 8 heteroatoms. The van der Waals surface area contributed by atoms with Crippen molar-refractivity contribution in [1.82, 2.24) is 9.62 Å². The monoisotopic (exact) mass is 382 g/mol. The van der Waals surface area contributed by atoms with E-state index < -0.39 is 10.0 Å². The second-order valence-corrected chi connectivity index (χ2v) is 7.72. The Bertz CT molecular complexity index is 580. The number of nitrogens with one attached hydrogen (secondary N) is 1. The van der Waals surface area contributed by atoms with E-state index in [9.17, 15) is 8.42 Å². The van der Waals surface area contributed by atoms with Crippen molar-refractivity contribution >= 4 is 37.6 Å². The quantitative estimate of drug-likeness (QED) is 0.860. The molecule has 1 heterocycles. The second kappa shape index (κ2) is 6.72. The second-order valence-electron chi connectivity index (χ2n) is 4.49. The van der Waals surface area contributed by atoms with Gasteiger partial charge in [0.05, 0.1) is 17.7 Å². The highest BCUT2D eigenvalue weighted by Gasteiger charge is 2.31. The number of hydrogen-bond acceptors (Lipinski definition) is 4. The summed E-state index contributed by atoms with van der Waals surface area (Å²) in [6, 6.07) is 4.77. The molecule has 2 rings (SSSR count). The SMILES string of the molecule is CNCC1CN(S(=O)(=O)c2ccc(Br)cc2Cl)CCO1. The van der Waals surface area contributed by atoms with E-state index in [1.54, 1.807) is 12.1 Å². The third-order valence-electron chi connectivity index (χ3n) is 3.05. The van der Waals surface area contributed by atoms with Crippen LogP contribution in [-0.4, -0.2) is 52.1 Å². The number of morpholine rings is 1. The lowest BCUT2D eigenvalue weighted by Crippen LogP contribution is -2.48. The van der Waals surface area contributed by atoms with Crippen molar-refractivity contribution in [3.63, 3.8) is 0 Å². The Morgan fingerprint density at radius 2 is 2.30 bits per heavy atom. The summed E-state index contributed by atoms with van der Waals surface area (Å²) < 4.78 is 32.9. The Labute approximate surface area is 132 Å². The molecule has 0 saturated carbocycles. The molecule has 0 spiro atoms. The van der Waals surface area contributed by atoms with Crippen molar-refractivity contribution in [2.45, 2.75) is 11.0 Å². The van der Waals surface area contributed by atoms with Crippen molar-refractivity contribution in [2.75, 3.05) is 33.3 Å². The van der Waals surface area contributed by atoms with Gasteiger partial charge in [0.1, 0.15) is 4.90 Å². The zero-order chi connectivity index (χ0) is 14.8. The molecule has 112 valence electrons. The number of nitrogens with zero attached hydrogens (tertiary/aromatic N) is 1. The largest absolute Gasteiger partial charge is 0.374 e. The summed E-state index contributed by atoms with van der Waals surface area (Å²) in [7, 11) is -1.78. The normalized spacial score (nSPS) is 21.1. The molecule has 1 fully saturated rings. The van der Waals surface area contributed by atoms with Crippen molar-refractivity contribution in [3.05, 3.63) is 27.7 Å². The van der Waals surface area contributed by atoms with Crippen molar-refractivity contribution in [2.24, 2.45) is 0 Å².